The van der Waals surface area contributed by atoms with Crippen molar-refractivity contribution >= 4 is 23.2 Å². The van der Waals surface area contributed by atoms with Gasteiger partial charge in [-0.25, -0.2) is 0 Å². The van der Waals surface area contributed by atoms with Crippen LogP contribution in [0, 0.1) is 0 Å². The van der Waals surface area contributed by atoms with Gasteiger partial charge in [-0.05, 0) is 18.6 Å². The molecule has 6 nitrogen and oxygen atoms in total. The molecule has 0 fully saturated rings. The van der Waals surface area contributed by atoms with Crippen LogP contribution in [0.15, 0.2) is 18.2 Å². The fraction of sp³-hybridized carbons (Fsp3) is 0.375. The third-order valence-corrected chi connectivity index (χ3v) is 3.81. The Hall–Kier alpha value is -2.21. The summed E-state index contributed by atoms with van der Waals surface area (Å²) in [5, 5.41) is 7.49. The summed E-state index contributed by atoms with van der Waals surface area (Å²) in [6, 6.07) is 5.17. The quantitative estimate of drug-likeness (QED) is 0.878. The summed E-state index contributed by atoms with van der Waals surface area (Å²) in [6.45, 7) is 2.03. The normalized spacial score (nSPS) is 10.5. The summed E-state index contributed by atoms with van der Waals surface area (Å²) in [7, 11) is 4.79. The van der Waals surface area contributed by atoms with Crippen LogP contribution in [0.4, 0.5) is 5.69 Å². The van der Waals surface area contributed by atoms with Gasteiger partial charge in [0.2, 0.25) is 0 Å². The number of aryl methyl sites for hydroxylation is 2. The van der Waals surface area contributed by atoms with E-state index in [1.807, 2.05) is 6.92 Å². The number of nitrogens with one attached hydrogen (secondary N) is 1. The predicted molar refractivity (Wildman–Crippen MR) is 89.7 cm³/mol. The Labute approximate surface area is 140 Å². The predicted octanol–water partition coefficient (Wildman–Crippen LogP) is 3.30. The zero-order valence-corrected chi connectivity index (χ0v) is 14.4. The van der Waals surface area contributed by atoms with E-state index in [1.54, 1.807) is 32.4 Å². The second-order valence-electron chi connectivity index (χ2n) is 5.00. The number of anilines is 1. The fourth-order valence-corrected chi connectivity index (χ4v) is 2.63. The third kappa shape index (κ3) is 3.59. The first kappa shape index (κ1) is 17.1. The summed E-state index contributed by atoms with van der Waals surface area (Å²) >= 11 is 6.30. The number of ether oxygens (including phenoxy) is 2. The molecule has 1 heterocycles. The summed E-state index contributed by atoms with van der Waals surface area (Å²) in [6.07, 6.45) is 1.63. The smallest absolute Gasteiger partial charge is 0.275 e. The van der Waals surface area contributed by atoms with Crippen molar-refractivity contribution in [3.05, 3.63) is 34.6 Å². The monoisotopic (exact) mass is 337 g/mol. The van der Waals surface area contributed by atoms with E-state index in [9.17, 15) is 4.79 Å². The molecule has 0 unspecified atom stereocenters. The van der Waals surface area contributed by atoms with E-state index < -0.39 is 0 Å². The zero-order valence-electron chi connectivity index (χ0n) is 13.6. The van der Waals surface area contributed by atoms with E-state index in [0.717, 1.165) is 18.5 Å². The molecule has 2 aromatic rings. The molecule has 1 amide bonds. The molecular formula is C16H20ClN3O3. The number of rotatable bonds is 6. The molecule has 0 atom stereocenters. The first-order valence-corrected chi connectivity index (χ1v) is 7.64. The molecule has 0 aliphatic rings. The molecule has 0 saturated carbocycles. The highest BCUT2D eigenvalue weighted by Crippen LogP contribution is 2.30. The minimum atomic E-state index is -0.348. The van der Waals surface area contributed by atoms with Crippen LogP contribution >= 0.6 is 11.6 Å². The first-order chi connectivity index (χ1) is 11.0. The van der Waals surface area contributed by atoms with Crippen molar-refractivity contribution in [2.45, 2.75) is 19.8 Å². The topological polar surface area (TPSA) is 65.4 Å². The number of amides is 1. The van der Waals surface area contributed by atoms with Crippen molar-refractivity contribution in [1.29, 1.82) is 0 Å². The van der Waals surface area contributed by atoms with Crippen LogP contribution in [0.2, 0.25) is 5.02 Å². The molecule has 7 heteroatoms. The number of benzene rings is 1. The zero-order chi connectivity index (χ0) is 17.0. The van der Waals surface area contributed by atoms with E-state index in [2.05, 4.69) is 10.4 Å². The van der Waals surface area contributed by atoms with Gasteiger partial charge in [0.25, 0.3) is 5.91 Å². The van der Waals surface area contributed by atoms with Crippen LogP contribution in [-0.4, -0.2) is 29.9 Å². The summed E-state index contributed by atoms with van der Waals surface area (Å²) in [5.41, 5.74) is 1.55. The highest BCUT2D eigenvalue weighted by molar-refractivity contribution is 6.34. The number of carbonyl (C=O) groups excluding carboxylic acids is 1. The second-order valence-corrected chi connectivity index (χ2v) is 5.38. The van der Waals surface area contributed by atoms with Gasteiger partial charge in [-0.2, -0.15) is 5.10 Å². The molecule has 0 aliphatic heterocycles. The van der Waals surface area contributed by atoms with Gasteiger partial charge in [0.05, 0.1) is 30.6 Å². The second kappa shape index (κ2) is 7.37. The van der Waals surface area contributed by atoms with Crippen molar-refractivity contribution < 1.29 is 14.3 Å². The Morgan fingerprint density at radius 1 is 1.35 bits per heavy atom. The molecule has 23 heavy (non-hydrogen) atoms. The SMILES string of the molecule is CCCc1nn(C)c(C(=O)Nc2cc(OC)ccc2OC)c1Cl. The maximum atomic E-state index is 12.6. The van der Waals surface area contributed by atoms with Crippen molar-refractivity contribution in [3.63, 3.8) is 0 Å². The average molecular weight is 338 g/mol. The number of methoxy groups -OCH3 is 2. The number of aromatic nitrogens is 2. The molecular weight excluding hydrogens is 318 g/mol. The minimum absolute atomic E-state index is 0.319. The summed E-state index contributed by atoms with van der Waals surface area (Å²) < 4.78 is 11.9. The van der Waals surface area contributed by atoms with Crippen molar-refractivity contribution in [2.75, 3.05) is 19.5 Å². The van der Waals surface area contributed by atoms with Crippen molar-refractivity contribution in [1.82, 2.24) is 9.78 Å². The lowest BCUT2D eigenvalue weighted by atomic mass is 10.2. The molecule has 124 valence electrons. The van der Waals surface area contributed by atoms with Gasteiger partial charge in [0, 0.05) is 13.1 Å². The van der Waals surface area contributed by atoms with Crippen molar-refractivity contribution in [3.8, 4) is 11.5 Å². The Balaban J connectivity index is 2.33. The lowest BCUT2D eigenvalue weighted by Gasteiger charge is -2.12. The summed E-state index contributed by atoms with van der Waals surface area (Å²) in [4.78, 5) is 12.6. The average Bonchev–Trinajstić information content (AvgIpc) is 2.81. The Kier molecular flexibility index (Phi) is 5.50. The van der Waals surface area contributed by atoms with Gasteiger partial charge in [0.1, 0.15) is 17.2 Å². The van der Waals surface area contributed by atoms with E-state index in [-0.39, 0.29) is 5.91 Å². The maximum absolute atomic E-state index is 12.6. The molecule has 0 aliphatic carbocycles. The number of nitrogens with zero attached hydrogens (tertiary/aromatic N) is 2. The molecule has 2 rings (SSSR count). The molecule has 1 aromatic carbocycles. The highest BCUT2D eigenvalue weighted by Gasteiger charge is 2.21. The van der Waals surface area contributed by atoms with Crippen LogP contribution in [-0.2, 0) is 13.5 Å². The van der Waals surface area contributed by atoms with Gasteiger partial charge in [-0.15, -0.1) is 0 Å². The minimum Gasteiger partial charge on any atom is -0.497 e. The lowest BCUT2D eigenvalue weighted by molar-refractivity contribution is 0.101. The number of carbonyl (C=O) groups is 1. The van der Waals surface area contributed by atoms with Crippen LogP contribution < -0.4 is 14.8 Å². The van der Waals surface area contributed by atoms with E-state index in [0.29, 0.717) is 27.9 Å². The molecule has 1 N–H and O–H groups in total. The maximum Gasteiger partial charge on any atom is 0.275 e. The first-order valence-electron chi connectivity index (χ1n) is 7.26. The van der Waals surface area contributed by atoms with Gasteiger partial charge >= 0.3 is 0 Å². The third-order valence-electron chi connectivity index (χ3n) is 3.41. The van der Waals surface area contributed by atoms with Crippen LogP contribution in [0.1, 0.15) is 29.5 Å². The van der Waals surface area contributed by atoms with Crippen LogP contribution in [0.25, 0.3) is 0 Å². The Bertz CT molecular complexity index is 713. The van der Waals surface area contributed by atoms with Gasteiger partial charge in [0.15, 0.2) is 0 Å². The van der Waals surface area contributed by atoms with Gasteiger partial charge in [-0.3, -0.25) is 9.48 Å². The number of halogens is 1. The molecule has 0 spiro atoms. The molecule has 0 saturated heterocycles. The molecule has 1 aromatic heterocycles. The molecule has 0 radical (unpaired) electrons. The largest absolute Gasteiger partial charge is 0.497 e. The van der Waals surface area contributed by atoms with Crippen molar-refractivity contribution in [2.24, 2.45) is 7.05 Å². The highest BCUT2D eigenvalue weighted by atomic mass is 35.5. The standard InChI is InChI=1S/C16H20ClN3O3/c1-5-6-11-14(17)15(20(2)19-11)16(21)18-12-9-10(22-3)7-8-13(12)23-4/h7-9H,5-6H2,1-4H3,(H,18,21). The number of hydrogen-bond acceptors (Lipinski definition) is 4. The van der Waals surface area contributed by atoms with Crippen LogP contribution in [0.3, 0.4) is 0 Å². The van der Waals surface area contributed by atoms with E-state index >= 15 is 0 Å². The fourth-order valence-electron chi connectivity index (χ4n) is 2.29. The van der Waals surface area contributed by atoms with Gasteiger partial charge < -0.3 is 14.8 Å². The van der Waals surface area contributed by atoms with Crippen LogP contribution in [0.5, 0.6) is 11.5 Å². The number of hydrogen-bond donors (Lipinski definition) is 1. The Morgan fingerprint density at radius 2 is 2.09 bits per heavy atom. The molecule has 0 bridgehead atoms. The summed E-state index contributed by atoms with van der Waals surface area (Å²) in [5.74, 6) is 0.800. The van der Waals surface area contributed by atoms with E-state index in [1.165, 1.54) is 11.8 Å². The van der Waals surface area contributed by atoms with Gasteiger partial charge in [-0.1, -0.05) is 24.9 Å². The lowest BCUT2D eigenvalue weighted by Crippen LogP contribution is -2.17. The van der Waals surface area contributed by atoms with E-state index in [4.69, 9.17) is 21.1 Å². The Morgan fingerprint density at radius 3 is 2.70 bits per heavy atom.